The van der Waals surface area contributed by atoms with E-state index in [1.807, 2.05) is 7.05 Å². The predicted molar refractivity (Wildman–Crippen MR) is 39.8 cm³/mol. The van der Waals surface area contributed by atoms with Crippen molar-refractivity contribution in [3.63, 3.8) is 0 Å². The zero-order valence-corrected chi connectivity index (χ0v) is 6.32. The fraction of sp³-hybridized carbons (Fsp3) is 0.600. The topological polar surface area (TPSA) is 80.2 Å². The fourth-order valence-corrected chi connectivity index (χ4v) is 0.622. The van der Waals surface area contributed by atoms with Crippen LogP contribution in [0, 0.1) is 0 Å². The summed E-state index contributed by atoms with van der Waals surface area (Å²) in [6, 6.07) is 0.334. The van der Waals surface area contributed by atoms with Crippen LogP contribution in [0.25, 0.3) is 0 Å². The molecule has 6 nitrogen and oxygen atoms in total. The number of likely N-dealkylation sites (N-methyl/N-ethyl adjacent to an activating group) is 1. The quantitative estimate of drug-likeness (QED) is 0.429. The Morgan fingerprint density at radius 2 is 2.64 bits per heavy atom. The number of nitrogens with zero attached hydrogens (tertiary/aromatic N) is 3. The van der Waals surface area contributed by atoms with Gasteiger partial charge in [0.05, 0.1) is 6.54 Å². The van der Waals surface area contributed by atoms with Crippen molar-refractivity contribution in [1.82, 2.24) is 15.5 Å². The van der Waals surface area contributed by atoms with Gasteiger partial charge >= 0.3 is 6.01 Å². The van der Waals surface area contributed by atoms with Crippen molar-refractivity contribution in [1.29, 1.82) is 0 Å². The minimum atomic E-state index is 0.334. The Hall–Kier alpha value is -1.14. The summed E-state index contributed by atoms with van der Waals surface area (Å²) in [4.78, 5) is 3.76. The number of hydrogen-bond acceptors (Lipinski definition) is 6. The van der Waals surface area contributed by atoms with Gasteiger partial charge in [0.2, 0.25) is 0 Å². The van der Waals surface area contributed by atoms with Gasteiger partial charge in [-0.25, -0.2) is 5.84 Å². The molecule has 0 fully saturated rings. The Balaban J connectivity index is 2.36. The molecular weight excluding hydrogens is 146 g/mol. The maximum atomic E-state index is 5.52. The van der Waals surface area contributed by atoms with Crippen LogP contribution in [0.3, 0.4) is 0 Å². The van der Waals surface area contributed by atoms with Crippen molar-refractivity contribution >= 4 is 6.01 Å². The highest BCUT2D eigenvalue weighted by Crippen LogP contribution is 2.00. The van der Waals surface area contributed by atoms with Crippen molar-refractivity contribution in [2.75, 3.05) is 25.1 Å². The van der Waals surface area contributed by atoms with E-state index in [1.54, 1.807) is 0 Å². The van der Waals surface area contributed by atoms with Crippen LogP contribution in [0.5, 0.6) is 0 Å². The Morgan fingerprint density at radius 1 is 1.82 bits per heavy atom. The van der Waals surface area contributed by atoms with Gasteiger partial charge in [0, 0.05) is 6.54 Å². The van der Waals surface area contributed by atoms with Gasteiger partial charge in [0.15, 0.2) is 6.33 Å². The zero-order valence-electron chi connectivity index (χ0n) is 6.32. The van der Waals surface area contributed by atoms with Crippen LogP contribution in [-0.2, 0) is 0 Å². The molecule has 1 rings (SSSR count). The third-order valence-electron chi connectivity index (χ3n) is 1.20. The molecule has 6 heteroatoms. The molecule has 0 spiro atoms. The first-order valence-corrected chi connectivity index (χ1v) is 3.28. The summed E-state index contributed by atoms with van der Waals surface area (Å²) in [5, 5.41) is 7.76. The molecule has 0 saturated carbocycles. The smallest absolute Gasteiger partial charge is 0.318 e. The van der Waals surface area contributed by atoms with E-state index in [-0.39, 0.29) is 0 Å². The van der Waals surface area contributed by atoms with Gasteiger partial charge in [0.1, 0.15) is 0 Å². The van der Waals surface area contributed by atoms with E-state index in [4.69, 9.17) is 10.4 Å². The van der Waals surface area contributed by atoms with Crippen molar-refractivity contribution in [3.05, 3.63) is 6.33 Å². The largest absolute Gasteiger partial charge is 0.337 e. The molecule has 0 aliphatic rings. The van der Waals surface area contributed by atoms with Crippen LogP contribution in [0.1, 0.15) is 0 Å². The number of nitrogens with two attached hydrogens (primary N) is 1. The highest BCUT2D eigenvalue weighted by Gasteiger charge is 2.04. The SMILES string of the molecule is CNCCN(N)c1ncno1. The molecule has 11 heavy (non-hydrogen) atoms. The van der Waals surface area contributed by atoms with E-state index in [9.17, 15) is 0 Å². The van der Waals surface area contributed by atoms with Crippen molar-refractivity contribution in [3.8, 4) is 0 Å². The normalized spacial score (nSPS) is 10.0. The molecule has 0 aromatic carbocycles. The summed E-state index contributed by atoms with van der Waals surface area (Å²) >= 11 is 0. The molecule has 3 N–H and O–H groups in total. The Kier molecular flexibility index (Phi) is 2.82. The summed E-state index contributed by atoms with van der Waals surface area (Å²) in [7, 11) is 1.85. The average molecular weight is 157 g/mol. The second kappa shape index (κ2) is 3.89. The van der Waals surface area contributed by atoms with Crippen LogP contribution < -0.4 is 16.2 Å². The summed E-state index contributed by atoms with van der Waals surface area (Å²) in [5.41, 5.74) is 0. The molecule has 0 radical (unpaired) electrons. The van der Waals surface area contributed by atoms with Gasteiger partial charge in [-0.2, -0.15) is 4.98 Å². The second-order valence-electron chi connectivity index (χ2n) is 2.02. The van der Waals surface area contributed by atoms with E-state index < -0.39 is 0 Å². The van der Waals surface area contributed by atoms with E-state index in [0.717, 1.165) is 6.54 Å². The number of nitrogens with one attached hydrogen (secondary N) is 1. The first-order valence-electron chi connectivity index (χ1n) is 3.28. The van der Waals surface area contributed by atoms with Crippen LogP contribution in [-0.4, -0.2) is 30.3 Å². The highest BCUT2D eigenvalue weighted by atomic mass is 16.5. The summed E-state index contributed by atoms with van der Waals surface area (Å²) in [5.74, 6) is 5.52. The van der Waals surface area contributed by atoms with E-state index in [2.05, 4.69) is 15.5 Å². The number of anilines is 1. The van der Waals surface area contributed by atoms with Crippen LogP contribution in [0.4, 0.5) is 6.01 Å². The molecule has 0 saturated heterocycles. The number of hydrogen-bond donors (Lipinski definition) is 2. The lowest BCUT2D eigenvalue weighted by Gasteiger charge is -2.11. The molecule has 1 heterocycles. The van der Waals surface area contributed by atoms with Gasteiger partial charge < -0.3 is 9.84 Å². The van der Waals surface area contributed by atoms with Gasteiger partial charge in [-0.15, -0.1) is 0 Å². The molecule has 0 aliphatic heterocycles. The fourth-order valence-electron chi connectivity index (χ4n) is 0.622. The minimum Gasteiger partial charge on any atom is -0.318 e. The lowest BCUT2D eigenvalue weighted by Crippen LogP contribution is -2.36. The van der Waals surface area contributed by atoms with Gasteiger partial charge in [-0.1, -0.05) is 5.16 Å². The van der Waals surface area contributed by atoms with Crippen LogP contribution in [0.15, 0.2) is 10.9 Å². The Labute approximate surface area is 64.3 Å². The molecule has 0 aliphatic carbocycles. The first kappa shape index (κ1) is 7.96. The standard InChI is InChI=1S/C5H11N5O/c1-7-2-3-10(6)5-8-4-9-11-5/h4,7H,2-3,6H2,1H3. The molecule has 62 valence electrons. The third kappa shape index (κ3) is 2.17. The van der Waals surface area contributed by atoms with Gasteiger partial charge in [-0.05, 0) is 7.05 Å². The number of hydrazine groups is 1. The third-order valence-corrected chi connectivity index (χ3v) is 1.20. The molecule has 0 unspecified atom stereocenters. The monoisotopic (exact) mass is 157 g/mol. The predicted octanol–water partition coefficient (Wildman–Crippen LogP) is -1.03. The Morgan fingerprint density at radius 3 is 3.18 bits per heavy atom. The summed E-state index contributed by atoms with van der Waals surface area (Å²) < 4.78 is 4.70. The maximum absolute atomic E-state index is 5.52. The molecule has 1 aromatic heterocycles. The number of rotatable bonds is 4. The van der Waals surface area contributed by atoms with Crippen molar-refractivity contribution in [2.45, 2.75) is 0 Å². The first-order chi connectivity index (χ1) is 5.34. The van der Waals surface area contributed by atoms with E-state index >= 15 is 0 Å². The second-order valence-corrected chi connectivity index (χ2v) is 2.02. The van der Waals surface area contributed by atoms with Gasteiger partial charge in [-0.3, -0.25) is 5.01 Å². The lowest BCUT2D eigenvalue weighted by molar-refractivity contribution is 0.412. The van der Waals surface area contributed by atoms with Gasteiger partial charge in [0.25, 0.3) is 0 Å². The highest BCUT2D eigenvalue weighted by molar-refractivity contribution is 5.18. The summed E-state index contributed by atoms with van der Waals surface area (Å²) in [6.07, 6.45) is 1.31. The molecule has 0 amide bonds. The summed E-state index contributed by atoms with van der Waals surface area (Å²) in [6.45, 7) is 1.41. The van der Waals surface area contributed by atoms with Crippen LogP contribution >= 0.6 is 0 Å². The number of aromatic nitrogens is 2. The van der Waals surface area contributed by atoms with E-state index in [0.29, 0.717) is 12.6 Å². The maximum Gasteiger partial charge on any atom is 0.337 e. The average Bonchev–Trinajstić information content (AvgIpc) is 2.52. The molecule has 0 atom stereocenters. The molecular formula is C5H11N5O. The minimum absolute atomic E-state index is 0.334. The molecule has 0 bridgehead atoms. The lowest BCUT2D eigenvalue weighted by atomic mass is 10.6. The van der Waals surface area contributed by atoms with Crippen LogP contribution in [0.2, 0.25) is 0 Å². The van der Waals surface area contributed by atoms with Crippen molar-refractivity contribution < 1.29 is 4.52 Å². The zero-order chi connectivity index (χ0) is 8.10. The van der Waals surface area contributed by atoms with Crippen molar-refractivity contribution in [2.24, 2.45) is 5.84 Å². The molecule has 1 aromatic rings. The van der Waals surface area contributed by atoms with E-state index in [1.165, 1.54) is 11.3 Å². The Bertz CT molecular complexity index is 187.